The van der Waals surface area contributed by atoms with Crippen molar-refractivity contribution in [1.82, 2.24) is 4.98 Å². The summed E-state index contributed by atoms with van der Waals surface area (Å²) in [5, 5.41) is 1.17. The Kier molecular flexibility index (Phi) is 2.68. The smallest absolute Gasteiger partial charge is 0.115 e. The SMILES string of the molecule is Cc1nc(I)c(C(C)C)s1. The molecule has 0 aliphatic rings. The highest BCUT2D eigenvalue weighted by Crippen LogP contribution is 2.26. The Morgan fingerprint density at radius 3 is 2.30 bits per heavy atom. The van der Waals surface area contributed by atoms with Gasteiger partial charge in [0.2, 0.25) is 0 Å². The van der Waals surface area contributed by atoms with Crippen molar-refractivity contribution >= 4 is 33.9 Å². The third-order valence-electron chi connectivity index (χ3n) is 1.24. The number of nitrogens with zero attached hydrogens (tertiary/aromatic N) is 1. The summed E-state index contributed by atoms with van der Waals surface area (Å²) in [4.78, 5) is 5.75. The molecule has 1 heterocycles. The lowest BCUT2D eigenvalue weighted by Crippen LogP contribution is -1.84. The average molecular weight is 267 g/mol. The maximum atomic E-state index is 4.34. The van der Waals surface area contributed by atoms with Gasteiger partial charge in [-0.25, -0.2) is 4.98 Å². The number of halogens is 1. The van der Waals surface area contributed by atoms with E-state index in [2.05, 4.69) is 48.3 Å². The molecule has 0 bridgehead atoms. The summed E-state index contributed by atoms with van der Waals surface area (Å²) in [5.74, 6) is 0.623. The molecule has 0 radical (unpaired) electrons. The second kappa shape index (κ2) is 3.17. The number of hydrogen-bond acceptors (Lipinski definition) is 2. The summed E-state index contributed by atoms with van der Waals surface area (Å²) < 4.78 is 1.18. The van der Waals surface area contributed by atoms with Gasteiger partial charge in [-0.05, 0) is 35.4 Å². The molecule has 1 rings (SSSR count). The second-order valence-electron chi connectivity index (χ2n) is 2.54. The molecule has 0 amide bonds. The first-order valence-electron chi connectivity index (χ1n) is 3.24. The van der Waals surface area contributed by atoms with E-state index in [0.717, 1.165) is 0 Å². The van der Waals surface area contributed by atoms with E-state index in [-0.39, 0.29) is 0 Å². The van der Waals surface area contributed by atoms with Crippen LogP contribution in [0, 0.1) is 10.6 Å². The van der Waals surface area contributed by atoms with Gasteiger partial charge in [0.1, 0.15) is 3.70 Å². The van der Waals surface area contributed by atoms with Gasteiger partial charge in [0, 0.05) is 4.88 Å². The molecule has 1 nitrogen and oxygen atoms in total. The standard InChI is InChI=1S/C7H10INS/c1-4(2)6-7(8)9-5(3)10-6/h4H,1-3H3. The predicted octanol–water partition coefficient (Wildman–Crippen LogP) is 3.18. The quantitative estimate of drug-likeness (QED) is 0.712. The van der Waals surface area contributed by atoms with Gasteiger partial charge in [-0.15, -0.1) is 11.3 Å². The molecular formula is C7H10INS. The number of thiazole rings is 1. The molecule has 0 aliphatic heterocycles. The van der Waals surface area contributed by atoms with Gasteiger partial charge in [0.15, 0.2) is 0 Å². The van der Waals surface area contributed by atoms with Crippen molar-refractivity contribution in [2.45, 2.75) is 26.7 Å². The highest BCUT2D eigenvalue weighted by Gasteiger charge is 2.08. The molecule has 0 fully saturated rings. The molecule has 1 aromatic heterocycles. The second-order valence-corrected chi connectivity index (χ2v) is 4.80. The fraction of sp³-hybridized carbons (Fsp3) is 0.571. The molecule has 3 heteroatoms. The van der Waals surface area contributed by atoms with Gasteiger partial charge in [0.25, 0.3) is 0 Å². The Hall–Kier alpha value is 0.360. The van der Waals surface area contributed by atoms with Crippen LogP contribution >= 0.6 is 33.9 Å². The Bertz CT molecular complexity index is 230. The largest absolute Gasteiger partial charge is 0.235 e. The van der Waals surface area contributed by atoms with Crippen LogP contribution in [0.1, 0.15) is 29.7 Å². The Morgan fingerprint density at radius 1 is 1.50 bits per heavy atom. The van der Waals surface area contributed by atoms with E-state index in [1.54, 1.807) is 11.3 Å². The van der Waals surface area contributed by atoms with Gasteiger partial charge in [-0.3, -0.25) is 0 Å². The van der Waals surface area contributed by atoms with Crippen LogP contribution in [0.25, 0.3) is 0 Å². The van der Waals surface area contributed by atoms with Crippen LogP contribution in [0.2, 0.25) is 0 Å². The third kappa shape index (κ3) is 1.69. The van der Waals surface area contributed by atoms with E-state index in [1.807, 2.05) is 0 Å². The van der Waals surface area contributed by atoms with Crippen LogP contribution in [0.3, 0.4) is 0 Å². The average Bonchev–Trinajstić information content (AvgIpc) is 2.10. The van der Waals surface area contributed by atoms with E-state index in [4.69, 9.17) is 0 Å². The fourth-order valence-corrected chi connectivity index (χ4v) is 3.07. The molecule has 0 aromatic carbocycles. The number of aryl methyl sites for hydroxylation is 1. The van der Waals surface area contributed by atoms with E-state index in [9.17, 15) is 0 Å². The third-order valence-corrected chi connectivity index (χ3v) is 3.70. The normalized spacial score (nSPS) is 10.9. The van der Waals surface area contributed by atoms with Crippen molar-refractivity contribution in [3.8, 4) is 0 Å². The lowest BCUT2D eigenvalue weighted by Gasteiger charge is -1.97. The highest BCUT2D eigenvalue weighted by atomic mass is 127. The molecule has 0 saturated heterocycles. The molecule has 1 aromatic rings. The molecule has 0 saturated carbocycles. The van der Waals surface area contributed by atoms with Crippen molar-refractivity contribution in [3.63, 3.8) is 0 Å². The first-order chi connectivity index (χ1) is 4.61. The van der Waals surface area contributed by atoms with Gasteiger partial charge >= 0.3 is 0 Å². The molecular weight excluding hydrogens is 257 g/mol. The van der Waals surface area contributed by atoms with Crippen LogP contribution in [0.15, 0.2) is 0 Å². The summed E-state index contributed by atoms with van der Waals surface area (Å²) in [7, 11) is 0. The molecule has 0 spiro atoms. The minimum absolute atomic E-state index is 0.623. The topological polar surface area (TPSA) is 12.9 Å². The molecule has 10 heavy (non-hydrogen) atoms. The van der Waals surface area contributed by atoms with Crippen LogP contribution in [-0.2, 0) is 0 Å². The predicted molar refractivity (Wildman–Crippen MR) is 53.7 cm³/mol. The van der Waals surface area contributed by atoms with Crippen molar-refractivity contribution in [1.29, 1.82) is 0 Å². The molecule has 0 aliphatic carbocycles. The fourth-order valence-electron chi connectivity index (χ4n) is 0.773. The van der Waals surface area contributed by atoms with E-state index in [1.165, 1.54) is 13.6 Å². The first-order valence-corrected chi connectivity index (χ1v) is 5.13. The van der Waals surface area contributed by atoms with Gasteiger partial charge in [0.05, 0.1) is 5.01 Å². The Morgan fingerprint density at radius 2 is 2.10 bits per heavy atom. The number of rotatable bonds is 1. The van der Waals surface area contributed by atoms with Crippen LogP contribution < -0.4 is 0 Å². The van der Waals surface area contributed by atoms with Gasteiger partial charge in [-0.1, -0.05) is 13.8 Å². The maximum absolute atomic E-state index is 4.34. The minimum atomic E-state index is 0.623. The lowest BCUT2D eigenvalue weighted by atomic mass is 10.2. The zero-order chi connectivity index (χ0) is 7.72. The van der Waals surface area contributed by atoms with Crippen LogP contribution in [0.5, 0.6) is 0 Å². The van der Waals surface area contributed by atoms with Crippen LogP contribution in [-0.4, -0.2) is 4.98 Å². The lowest BCUT2D eigenvalue weighted by molar-refractivity contribution is 0.877. The van der Waals surface area contributed by atoms with E-state index in [0.29, 0.717) is 5.92 Å². The van der Waals surface area contributed by atoms with Crippen molar-refractivity contribution in [2.75, 3.05) is 0 Å². The summed E-state index contributed by atoms with van der Waals surface area (Å²) in [6, 6.07) is 0. The Labute approximate surface area is 79.0 Å². The molecule has 56 valence electrons. The summed E-state index contributed by atoms with van der Waals surface area (Å²) in [6.45, 7) is 6.46. The van der Waals surface area contributed by atoms with E-state index >= 15 is 0 Å². The molecule has 0 N–H and O–H groups in total. The zero-order valence-electron chi connectivity index (χ0n) is 6.31. The van der Waals surface area contributed by atoms with Crippen molar-refractivity contribution < 1.29 is 0 Å². The summed E-state index contributed by atoms with van der Waals surface area (Å²) >= 11 is 4.10. The molecule has 0 atom stereocenters. The van der Waals surface area contributed by atoms with Gasteiger partial charge < -0.3 is 0 Å². The van der Waals surface area contributed by atoms with Gasteiger partial charge in [-0.2, -0.15) is 0 Å². The highest BCUT2D eigenvalue weighted by molar-refractivity contribution is 14.1. The van der Waals surface area contributed by atoms with E-state index < -0.39 is 0 Å². The zero-order valence-corrected chi connectivity index (χ0v) is 9.28. The number of aromatic nitrogens is 1. The Balaban J connectivity index is 3.03. The monoisotopic (exact) mass is 267 g/mol. The molecule has 0 unspecified atom stereocenters. The minimum Gasteiger partial charge on any atom is -0.235 e. The van der Waals surface area contributed by atoms with Crippen molar-refractivity contribution in [3.05, 3.63) is 13.6 Å². The first kappa shape index (κ1) is 8.46. The maximum Gasteiger partial charge on any atom is 0.115 e. The van der Waals surface area contributed by atoms with Crippen molar-refractivity contribution in [2.24, 2.45) is 0 Å². The summed E-state index contributed by atoms with van der Waals surface area (Å²) in [6.07, 6.45) is 0. The summed E-state index contributed by atoms with van der Waals surface area (Å²) in [5.41, 5.74) is 0. The number of hydrogen-bond donors (Lipinski definition) is 0. The van der Waals surface area contributed by atoms with Crippen LogP contribution in [0.4, 0.5) is 0 Å².